The van der Waals surface area contributed by atoms with E-state index in [0.717, 1.165) is 44.5 Å². The molecule has 1 aliphatic rings. The minimum absolute atomic E-state index is 0.208. The summed E-state index contributed by atoms with van der Waals surface area (Å²) in [6, 6.07) is 17.8. The van der Waals surface area contributed by atoms with Crippen LogP contribution in [-0.2, 0) is 0 Å². The number of nitrogens with zero attached hydrogens (tertiary/aromatic N) is 4. The molecule has 0 bridgehead atoms. The quantitative estimate of drug-likeness (QED) is 0.366. The average Bonchev–Trinajstić information content (AvgIpc) is 2.95. The third-order valence-electron chi connectivity index (χ3n) is 6.97. The molecule has 0 unspecified atom stereocenters. The molecule has 1 aromatic heterocycles. The summed E-state index contributed by atoms with van der Waals surface area (Å²) in [6.07, 6.45) is 2.76. The van der Waals surface area contributed by atoms with Crippen LogP contribution in [0.25, 0.3) is 11.4 Å². The molecule has 2 atom stereocenters. The first-order chi connectivity index (χ1) is 18.9. The molecule has 9 nitrogen and oxygen atoms in total. The fraction of sp³-hybridized carbons (Fsp3) is 0.400. The van der Waals surface area contributed by atoms with Crippen molar-refractivity contribution in [2.45, 2.75) is 44.8 Å². The Morgan fingerprint density at radius 2 is 1.67 bits per heavy atom. The molecule has 4 rings (SSSR count). The van der Waals surface area contributed by atoms with Crippen LogP contribution in [0.1, 0.15) is 53.5 Å². The van der Waals surface area contributed by atoms with Gasteiger partial charge in [-0.25, -0.2) is 9.97 Å². The Morgan fingerprint density at radius 3 is 2.38 bits per heavy atom. The lowest BCUT2D eigenvalue weighted by Crippen LogP contribution is -2.45. The zero-order chi connectivity index (χ0) is 27.8. The van der Waals surface area contributed by atoms with Crippen LogP contribution in [0.3, 0.4) is 0 Å². The van der Waals surface area contributed by atoms with Gasteiger partial charge in [0.15, 0.2) is 5.82 Å². The van der Waals surface area contributed by atoms with Crippen molar-refractivity contribution in [2.75, 3.05) is 43.9 Å². The molecule has 39 heavy (non-hydrogen) atoms. The molecule has 2 aromatic carbocycles. The lowest BCUT2D eigenvalue weighted by molar-refractivity contribution is 0.0718. The van der Waals surface area contributed by atoms with Crippen LogP contribution < -0.4 is 15.5 Å². The Bertz CT molecular complexity index is 1270. The van der Waals surface area contributed by atoms with Crippen LogP contribution in [0.4, 0.5) is 11.5 Å². The van der Waals surface area contributed by atoms with Crippen molar-refractivity contribution in [1.29, 1.82) is 0 Å². The number of para-hydroxylation sites is 1. The van der Waals surface area contributed by atoms with Gasteiger partial charge in [0.05, 0.1) is 23.4 Å². The topological polar surface area (TPSA) is 111 Å². The number of nitrogens with one attached hydrogen (secondary N) is 2. The predicted octanol–water partition coefficient (Wildman–Crippen LogP) is 3.82. The SMILES string of the molecule is CCN(CCN(C)C)c1cc(C(=O)Nc2ccccc2C(=O)N[C@@H]2CCCC[C@H]2O)nc(-c2ccccc2)n1. The smallest absolute Gasteiger partial charge is 0.274 e. The second-order valence-corrected chi connectivity index (χ2v) is 10.1. The van der Waals surface area contributed by atoms with E-state index >= 15 is 0 Å². The first-order valence-electron chi connectivity index (χ1n) is 13.6. The highest BCUT2D eigenvalue weighted by atomic mass is 16.3. The van der Waals surface area contributed by atoms with E-state index in [4.69, 9.17) is 4.98 Å². The third-order valence-corrected chi connectivity index (χ3v) is 6.97. The molecule has 1 heterocycles. The van der Waals surface area contributed by atoms with Gasteiger partial charge in [0, 0.05) is 31.3 Å². The van der Waals surface area contributed by atoms with E-state index in [2.05, 4.69) is 32.3 Å². The maximum absolute atomic E-state index is 13.5. The van der Waals surface area contributed by atoms with E-state index in [1.165, 1.54) is 0 Å². The summed E-state index contributed by atoms with van der Waals surface area (Å²) in [6.45, 7) is 4.35. The fourth-order valence-corrected chi connectivity index (χ4v) is 4.69. The molecule has 0 aliphatic heterocycles. The summed E-state index contributed by atoms with van der Waals surface area (Å²) in [5, 5.41) is 16.1. The van der Waals surface area contributed by atoms with E-state index < -0.39 is 12.0 Å². The second kappa shape index (κ2) is 13.3. The van der Waals surface area contributed by atoms with Crippen molar-refractivity contribution in [3.63, 3.8) is 0 Å². The number of carbonyl (C=O) groups is 2. The van der Waals surface area contributed by atoms with Crippen LogP contribution >= 0.6 is 0 Å². The van der Waals surface area contributed by atoms with Gasteiger partial charge in [-0.3, -0.25) is 9.59 Å². The molecular weight excluding hydrogens is 492 g/mol. The monoisotopic (exact) mass is 530 g/mol. The van der Waals surface area contributed by atoms with Gasteiger partial charge in [0.25, 0.3) is 11.8 Å². The normalized spacial score (nSPS) is 17.1. The van der Waals surface area contributed by atoms with Crippen molar-refractivity contribution < 1.29 is 14.7 Å². The van der Waals surface area contributed by atoms with Gasteiger partial charge in [-0.1, -0.05) is 55.3 Å². The largest absolute Gasteiger partial charge is 0.391 e. The minimum Gasteiger partial charge on any atom is -0.391 e. The van der Waals surface area contributed by atoms with E-state index in [9.17, 15) is 14.7 Å². The Morgan fingerprint density at radius 1 is 0.949 bits per heavy atom. The highest BCUT2D eigenvalue weighted by Gasteiger charge is 2.26. The standard InChI is InChI=1S/C30H38N6O3/c1-4-36(19-18-35(2)3)27-20-25(31-28(34-27)21-12-6-5-7-13-21)30(39)32-23-15-9-8-14-22(23)29(38)33-24-16-10-11-17-26(24)37/h5-9,12-15,20,24,26,37H,4,10-11,16-19H2,1-3H3,(H,32,39)(H,33,38)/t24-,26-/m1/s1. The zero-order valence-corrected chi connectivity index (χ0v) is 22.9. The van der Waals surface area contributed by atoms with Crippen LogP contribution in [0.5, 0.6) is 0 Å². The van der Waals surface area contributed by atoms with Crippen LogP contribution in [0.15, 0.2) is 60.7 Å². The lowest BCUT2D eigenvalue weighted by atomic mass is 9.92. The fourth-order valence-electron chi connectivity index (χ4n) is 4.69. The molecule has 3 N–H and O–H groups in total. The van der Waals surface area contributed by atoms with Gasteiger partial charge >= 0.3 is 0 Å². The van der Waals surface area contributed by atoms with Crippen LogP contribution in [0.2, 0.25) is 0 Å². The Balaban J connectivity index is 1.62. The maximum Gasteiger partial charge on any atom is 0.274 e. The Kier molecular flexibility index (Phi) is 9.62. The number of benzene rings is 2. The number of rotatable bonds is 10. The molecule has 0 radical (unpaired) electrons. The van der Waals surface area contributed by atoms with Gasteiger partial charge in [-0.2, -0.15) is 0 Å². The molecule has 206 valence electrons. The molecule has 3 aromatic rings. The number of hydrogen-bond donors (Lipinski definition) is 3. The molecule has 1 saturated carbocycles. The number of likely N-dealkylation sites (N-methyl/N-ethyl adjacent to an activating group) is 2. The number of aromatic nitrogens is 2. The number of amides is 2. The summed E-state index contributed by atoms with van der Waals surface area (Å²) in [5.74, 6) is 0.359. The van der Waals surface area contributed by atoms with Gasteiger partial charge in [0.1, 0.15) is 11.5 Å². The average molecular weight is 531 g/mol. The zero-order valence-electron chi connectivity index (χ0n) is 22.9. The highest BCUT2D eigenvalue weighted by molar-refractivity contribution is 6.08. The second-order valence-electron chi connectivity index (χ2n) is 10.1. The van der Waals surface area contributed by atoms with Crippen LogP contribution in [-0.4, -0.2) is 77.7 Å². The van der Waals surface area contributed by atoms with Gasteiger partial charge in [0.2, 0.25) is 0 Å². The van der Waals surface area contributed by atoms with E-state index in [0.29, 0.717) is 29.3 Å². The van der Waals surface area contributed by atoms with Crippen LogP contribution in [0, 0.1) is 0 Å². The molecule has 0 spiro atoms. The van der Waals surface area contributed by atoms with Crippen molar-refractivity contribution in [3.05, 3.63) is 71.9 Å². The molecule has 1 fully saturated rings. The number of carbonyl (C=O) groups excluding carboxylic acids is 2. The van der Waals surface area contributed by atoms with Gasteiger partial charge in [-0.05, 0) is 46.0 Å². The summed E-state index contributed by atoms with van der Waals surface area (Å²) in [5.41, 5.74) is 1.73. The van der Waals surface area contributed by atoms with Crippen molar-refractivity contribution >= 4 is 23.3 Å². The van der Waals surface area contributed by atoms with E-state index in [1.807, 2.05) is 44.4 Å². The molecular formula is C30H38N6O3. The summed E-state index contributed by atoms with van der Waals surface area (Å²) in [4.78, 5) is 40.3. The Labute approximate surface area is 230 Å². The predicted molar refractivity (Wildman–Crippen MR) is 154 cm³/mol. The van der Waals surface area contributed by atoms with Gasteiger partial charge in [-0.15, -0.1) is 0 Å². The van der Waals surface area contributed by atoms with Gasteiger partial charge < -0.3 is 25.5 Å². The highest BCUT2D eigenvalue weighted by Crippen LogP contribution is 2.23. The summed E-state index contributed by atoms with van der Waals surface area (Å²) >= 11 is 0. The number of aliphatic hydroxyl groups excluding tert-OH is 1. The number of aliphatic hydroxyl groups is 1. The molecule has 2 amide bonds. The molecule has 0 saturated heterocycles. The first kappa shape index (κ1) is 28.2. The summed E-state index contributed by atoms with van der Waals surface area (Å²) < 4.78 is 0. The van der Waals surface area contributed by atoms with E-state index in [-0.39, 0.29) is 17.6 Å². The Hall–Kier alpha value is -3.82. The molecule has 9 heteroatoms. The van der Waals surface area contributed by atoms with Crippen molar-refractivity contribution in [3.8, 4) is 11.4 Å². The number of hydrogen-bond acceptors (Lipinski definition) is 7. The third kappa shape index (κ3) is 7.40. The van der Waals surface area contributed by atoms with Crippen molar-refractivity contribution in [2.24, 2.45) is 0 Å². The maximum atomic E-state index is 13.5. The lowest BCUT2D eigenvalue weighted by Gasteiger charge is -2.28. The first-order valence-corrected chi connectivity index (χ1v) is 13.6. The minimum atomic E-state index is -0.561. The van der Waals surface area contributed by atoms with E-state index in [1.54, 1.807) is 30.3 Å². The van der Waals surface area contributed by atoms with Crippen molar-refractivity contribution in [1.82, 2.24) is 20.2 Å². The number of anilines is 2. The molecule has 1 aliphatic carbocycles. The summed E-state index contributed by atoms with van der Waals surface area (Å²) in [7, 11) is 4.04.